The van der Waals surface area contributed by atoms with E-state index >= 15 is 0 Å². The van der Waals surface area contributed by atoms with Crippen LogP contribution in [-0.4, -0.2) is 66.2 Å². The summed E-state index contributed by atoms with van der Waals surface area (Å²) in [5.74, 6) is -0.537. The molecule has 6 heteroatoms. The van der Waals surface area contributed by atoms with Crippen LogP contribution < -0.4 is 5.32 Å². The number of nitrogens with one attached hydrogen (secondary N) is 1. The average molecular weight is 363 g/mol. The highest BCUT2D eigenvalue weighted by atomic mass is 19.1. The van der Waals surface area contributed by atoms with Crippen LogP contribution in [0.1, 0.15) is 43.7 Å². The van der Waals surface area contributed by atoms with Crippen LogP contribution in [0.15, 0.2) is 24.3 Å². The summed E-state index contributed by atoms with van der Waals surface area (Å²) >= 11 is 0. The first-order valence-corrected chi connectivity index (χ1v) is 9.67. The number of aliphatic hydroxyl groups is 1. The number of hydrogen-bond donors (Lipinski definition) is 2. The molecule has 1 aromatic rings. The van der Waals surface area contributed by atoms with Crippen molar-refractivity contribution < 1.29 is 14.3 Å². The Balaban J connectivity index is 1.67. The Morgan fingerprint density at radius 3 is 2.38 bits per heavy atom. The predicted octanol–water partition coefficient (Wildman–Crippen LogP) is 1.93. The van der Waals surface area contributed by atoms with Crippen molar-refractivity contribution in [3.05, 3.63) is 35.6 Å². The van der Waals surface area contributed by atoms with Gasteiger partial charge in [-0.15, -0.1) is 0 Å². The van der Waals surface area contributed by atoms with E-state index < -0.39 is 5.60 Å². The fourth-order valence-corrected chi connectivity index (χ4v) is 3.94. The van der Waals surface area contributed by atoms with Crippen molar-refractivity contribution in [1.82, 2.24) is 15.1 Å². The highest BCUT2D eigenvalue weighted by molar-refractivity contribution is 5.85. The normalized spacial score (nSPS) is 22.7. The molecule has 2 aliphatic heterocycles. The van der Waals surface area contributed by atoms with Gasteiger partial charge in [-0.1, -0.05) is 18.6 Å². The van der Waals surface area contributed by atoms with Gasteiger partial charge in [0.1, 0.15) is 11.4 Å². The molecule has 2 aliphatic rings. The number of amides is 1. The van der Waals surface area contributed by atoms with Crippen molar-refractivity contribution in [2.45, 2.75) is 43.7 Å². The van der Waals surface area contributed by atoms with Crippen LogP contribution in [0.2, 0.25) is 0 Å². The molecular weight excluding hydrogens is 333 g/mol. The number of carbonyl (C=O) groups is 1. The minimum atomic E-state index is -1.28. The molecule has 0 aliphatic carbocycles. The number of likely N-dealkylation sites (tertiary alicyclic amines) is 2. The molecule has 3 rings (SSSR count). The van der Waals surface area contributed by atoms with Gasteiger partial charge < -0.3 is 15.3 Å². The van der Waals surface area contributed by atoms with Crippen LogP contribution in [0.3, 0.4) is 0 Å². The second-order valence-electron chi connectivity index (χ2n) is 7.71. The van der Waals surface area contributed by atoms with Crippen molar-refractivity contribution in [3.63, 3.8) is 0 Å². The Labute approximate surface area is 155 Å². The van der Waals surface area contributed by atoms with E-state index in [1.54, 1.807) is 12.1 Å². The van der Waals surface area contributed by atoms with E-state index in [0.29, 0.717) is 19.4 Å². The zero-order valence-corrected chi connectivity index (χ0v) is 15.6. The topological polar surface area (TPSA) is 55.8 Å². The Bertz CT molecular complexity index is 594. The first-order chi connectivity index (χ1) is 12.5. The molecular formula is C20H30FN3O2. The molecule has 0 bridgehead atoms. The molecule has 144 valence electrons. The highest BCUT2D eigenvalue weighted by Gasteiger charge is 2.38. The maximum Gasteiger partial charge on any atom is 0.252 e. The minimum Gasteiger partial charge on any atom is -0.380 e. The van der Waals surface area contributed by atoms with Gasteiger partial charge in [0.05, 0.1) is 6.04 Å². The van der Waals surface area contributed by atoms with E-state index in [-0.39, 0.29) is 17.8 Å². The van der Waals surface area contributed by atoms with Crippen LogP contribution in [0, 0.1) is 5.82 Å². The molecule has 2 saturated heterocycles. The summed E-state index contributed by atoms with van der Waals surface area (Å²) in [6, 6.07) is 6.54. The molecule has 1 amide bonds. The molecule has 1 aromatic carbocycles. The first-order valence-electron chi connectivity index (χ1n) is 9.67. The summed E-state index contributed by atoms with van der Waals surface area (Å²) in [7, 11) is 2.00. The fraction of sp³-hybridized carbons (Fsp3) is 0.650. The SMILES string of the molecule is CN1CCC(O)(C(=O)NC[C@H](c2ccc(F)cc2)N2CCCCC2)CC1. The number of benzene rings is 1. The van der Waals surface area contributed by atoms with Gasteiger partial charge in [0.2, 0.25) is 0 Å². The van der Waals surface area contributed by atoms with Gasteiger partial charge in [0.15, 0.2) is 0 Å². The molecule has 0 unspecified atom stereocenters. The Morgan fingerprint density at radius 1 is 1.15 bits per heavy atom. The summed E-state index contributed by atoms with van der Waals surface area (Å²) in [5.41, 5.74) is -0.272. The summed E-state index contributed by atoms with van der Waals surface area (Å²) < 4.78 is 13.3. The predicted molar refractivity (Wildman–Crippen MR) is 99.3 cm³/mol. The van der Waals surface area contributed by atoms with Gasteiger partial charge in [0, 0.05) is 19.6 Å². The van der Waals surface area contributed by atoms with Gasteiger partial charge >= 0.3 is 0 Å². The zero-order valence-electron chi connectivity index (χ0n) is 15.6. The number of carbonyl (C=O) groups excluding carboxylic acids is 1. The molecule has 26 heavy (non-hydrogen) atoms. The molecule has 1 atom stereocenters. The lowest BCUT2D eigenvalue weighted by molar-refractivity contribution is -0.144. The standard InChI is InChI=1S/C20H30FN3O2/c1-23-13-9-20(26,10-14-23)19(25)22-15-18(24-11-3-2-4-12-24)16-5-7-17(21)8-6-16/h5-8,18,26H,2-4,9-15H2,1H3,(H,22,25)/t18-/m1/s1. The number of nitrogens with zero attached hydrogens (tertiary/aromatic N) is 2. The first kappa shape index (κ1) is 19.3. The highest BCUT2D eigenvalue weighted by Crippen LogP contribution is 2.26. The lowest BCUT2D eigenvalue weighted by Gasteiger charge is -2.37. The number of piperidine rings is 2. The molecule has 2 fully saturated rings. The Morgan fingerprint density at radius 2 is 1.77 bits per heavy atom. The third kappa shape index (κ3) is 4.61. The molecule has 2 heterocycles. The Kier molecular flexibility index (Phi) is 6.27. The van der Waals surface area contributed by atoms with E-state index in [4.69, 9.17) is 0 Å². The number of hydrogen-bond acceptors (Lipinski definition) is 4. The third-order valence-corrected chi connectivity index (χ3v) is 5.78. The van der Waals surface area contributed by atoms with Gasteiger partial charge in [-0.3, -0.25) is 9.69 Å². The molecule has 5 nitrogen and oxygen atoms in total. The van der Waals surface area contributed by atoms with Crippen molar-refractivity contribution in [2.75, 3.05) is 39.8 Å². The van der Waals surface area contributed by atoms with Gasteiger partial charge in [-0.2, -0.15) is 0 Å². The van der Waals surface area contributed by atoms with Crippen molar-refractivity contribution in [1.29, 1.82) is 0 Å². The van der Waals surface area contributed by atoms with Crippen molar-refractivity contribution in [3.8, 4) is 0 Å². The summed E-state index contributed by atoms with van der Waals surface area (Å²) in [4.78, 5) is 17.1. The smallest absolute Gasteiger partial charge is 0.252 e. The largest absolute Gasteiger partial charge is 0.380 e. The third-order valence-electron chi connectivity index (χ3n) is 5.78. The Hall–Kier alpha value is -1.50. The minimum absolute atomic E-state index is 0.00899. The van der Waals surface area contributed by atoms with Crippen LogP contribution in [-0.2, 0) is 4.79 Å². The van der Waals surface area contributed by atoms with Crippen LogP contribution in [0.4, 0.5) is 4.39 Å². The molecule has 0 radical (unpaired) electrons. The van der Waals surface area contributed by atoms with Crippen LogP contribution in [0.25, 0.3) is 0 Å². The van der Waals surface area contributed by atoms with Gasteiger partial charge in [-0.25, -0.2) is 4.39 Å². The van der Waals surface area contributed by atoms with Crippen LogP contribution >= 0.6 is 0 Å². The van der Waals surface area contributed by atoms with E-state index in [0.717, 1.165) is 44.6 Å². The van der Waals surface area contributed by atoms with Gasteiger partial charge in [-0.05, 0) is 63.5 Å². The lowest BCUT2D eigenvalue weighted by atomic mass is 9.90. The maximum atomic E-state index is 13.3. The van der Waals surface area contributed by atoms with Crippen LogP contribution in [0.5, 0.6) is 0 Å². The van der Waals surface area contributed by atoms with Gasteiger partial charge in [0.25, 0.3) is 5.91 Å². The second-order valence-corrected chi connectivity index (χ2v) is 7.71. The van der Waals surface area contributed by atoms with E-state index in [9.17, 15) is 14.3 Å². The maximum absolute atomic E-state index is 13.3. The molecule has 0 saturated carbocycles. The second kappa shape index (κ2) is 8.46. The lowest BCUT2D eigenvalue weighted by Crippen LogP contribution is -2.54. The quantitative estimate of drug-likeness (QED) is 0.839. The summed E-state index contributed by atoms with van der Waals surface area (Å²) in [6.45, 7) is 3.83. The molecule has 0 spiro atoms. The van der Waals surface area contributed by atoms with E-state index in [1.807, 2.05) is 7.05 Å². The van der Waals surface area contributed by atoms with E-state index in [1.165, 1.54) is 18.6 Å². The molecule has 2 N–H and O–H groups in total. The van der Waals surface area contributed by atoms with Crippen molar-refractivity contribution >= 4 is 5.91 Å². The average Bonchev–Trinajstić information content (AvgIpc) is 2.66. The monoisotopic (exact) mass is 363 g/mol. The zero-order chi connectivity index (χ0) is 18.6. The molecule has 0 aromatic heterocycles. The number of rotatable bonds is 5. The summed E-state index contributed by atoms with van der Waals surface area (Å²) in [6.07, 6.45) is 4.43. The fourth-order valence-electron chi connectivity index (χ4n) is 3.94. The van der Waals surface area contributed by atoms with E-state index in [2.05, 4.69) is 15.1 Å². The summed E-state index contributed by atoms with van der Waals surface area (Å²) in [5, 5.41) is 13.7. The van der Waals surface area contributed by atoms with Crippen molar-refractivity contribution in [2.24, 2.45) is 0 Å². The number of halogens is 1.